The molecule has 2 fully saturated rings. The molecule has 2 aliphatic heterocycles. The first-order valence-corrected chi connectivity index (χ1v) is 6.30. The van der Waals surface area contributed by atoms with Gasteiger partial charge in [-0.2, -0.15) is 0 Å². The lowest BCUT2D eigenvalue weighted by atomic mass is 10.0. The molecule has 1 aromatic heterocycles. The number of carbonyl (C=O) groups is 1. The van der Waals surface area contributed by atoms with E-state index in [0.29, 0.717) is 18.0 Å². The van der Waals surface area contributed by atoms with Gasteiger partial charge in [0, 0.05) is 24.4 Å². The number of nitrogens with zero attached hydrogens (tertiary/aromatic N) is 1. The van der Waals surface area contributed by atoms with E-state index in [4.69, 9.17) is 0 Å². The van der Waals surface area contributed by atoms with Crippen molar-refractivity contribution in [2.45, 2.75) is 24.9 Å². The Labute approximate surface area is 93.1 Å². The van der Waals surface area contributed by atoms with Crippen molar-refractivity contribution in [3.8, 4) is 0 Å². The summed E-state index contributed by atoms with van der Waals surface area (Å²) in [6.45, 7) is 1.80. The minimum absolute atomic E-state index is 0.336. The molecule has 2 saturated heterocycles. The van der Waals surface area contributed by atoms with E-state index in [2.05, 4.69) is 27.7 Å². The molecule has 0 spiro atoms. The molecule has 80 valence electrons. The molecule has 1 N–H and O–H groups in total. The molecule has 3 nitrogen and oxygen atoms in total. The van der Waals surface area contributed by atoms with E-state index in [0.717, 1.165) is 25.9 Å². The third-order valence-electron chi connectivity index (χ3n) is 3.33. The Bertz CT molecular complexity index is 363. The second kappa shape index (κ2) is 3.61. The minimum atomic E-state index is 0.336. The van der Waals surface area contributed by atoms with E-state index in [1.165, 1.54) is 4.88 Å². The Morgan fingerprint density at radius 2 is 2.47 bits per heavy atom. The van der Waals surface area contributed by atoms with Crippen molar-refractivity contribution in [2.24, 2.45) is 0 Å². The Hall–Kier alpha value is -0.870. The lowest BCUT2D eigenvalue weighted by Gasteiger charge is -2.37. The summed E-state index contributed by atoms with van der Waals surface area (Å²) in [5, 5.41) is 5.63. The Balaban J connectivity index is 1.88. The van der Waals surface area contributed by atoms with E-state index < -0.39 is 0 Å². The Kier molecular flexibility index (Phi) is 2.25. The van der Waals surface area contributed by atoms with Gasteiger partial charge in [-0.15, -0.1) is 11.3 Å². The van der Waals surface area contributed by atoms with Crippen LogP contribution in [0.25, 0.3) is 0 Å². The first kappa shape index (κ1) is 9.36. The van der Waals surface area contributed by atoms with Crippen LogP contribution in [0, 0.1) is 0 Å². The van der Waals surface area contributed by atoms with Gasteiger partial charge in [-0.1, -0.05) is 6.07 Å². The van der Waals surface area contributed by atoms with Crippen molar-refractivity contribution >= 4 is 17.2 Å². The smallest absolute Gasteiger partial charge is 0.223 e. The number of piperazine rings is 1. The number of carbonyl (C=O) groups excluding carboxylic acids is 1. The molecule has 15 heavy (non-hydrogen) atoms. The summed E-state index contributed by atoms with van der Waals surface area (Å²) in [4.78, 5) is 15.0. The number of hydrogen-bond donors (Lipinski definition) is 1. The fourth-order valence-electron chi connectivity index (χ4n) is 2.63. The maximum Gasteiger partial charge on any atom is 0.223 e. The maximum atomic E-state index is 11.6. The summed E-state index contributed by atoms with van der Waals surface area (Å²) < 4.78 is 0. The zero-order valence-corrected chi connectivity index (χ0v) is 9.30. The third-order valence-corrected chi connectivity index (χ3v) is 4.28. The van der Waals surface area contributed by atoms with E-state index in [-0.39, 0.29) is 0 Å². The monoisotopic (exact) mass is 222 g/mol. The highest BCUT2D eigenvalue weighted by Crippen LogP contribution is 2.33. The molecule has 0 aromatic carbocycles. The zero-order chi connectivity index (χ0) is 10.3. The number of thiophene rings is 1. The van der Waals surface area contributed by atoms with Gasteiger partial charge in [0.25, 0.3) is 0 Å². The summed E-state index contributed by atoms with van der Waals surface area (Å²) in [5.74, 6) is 0.336. The Morgan fingerprint density at radius 1 is 1.53 bits per heavy atom. The molecule has 0 aliphatic carbocycles. The minimum Gasteiger partial charge on any atom is -0.336 e. The standard InChI is InChI=1S/C11H14N2OS/c14-10-4-3-8-11(9-2-1-7-15-9)12-5-6-13(8)10/h1-2,7-8,11-12H,3-6H2/t8?,11-/m0/s1. The maximum absolute atomic E-state index is 11.6. The summed E-state index contributed by atoms with van der Waals surface area (Å²) in [5.41, 5.74) is 0. The summed E-state index contributed by atoms with van der Waals surface area (Å²) in [6, 6.07) is 5.00. The highest BCUT2D eigenvalue weighted by molar-refractivity contribution is 7.10. The van der Waals surface area contributed by atoms with Crippen LogP contribution < -0.4 is 5.32 Å². The summed E-state index contributed by atoms with van der Waals surface area (Å²) in [7, 11) is 0. The highest BCUT2D eigenvalue weighted by atomic mass is 32.1. The van der Waals surface area contributed by atoms with Gasteiger partial charge in [-0.25, -0.2) is 0 Å². The van der Waals surface area contributed by atoms with E-state index >= 15 is 0 Å². The fraction of sp³-hybridized carbons (Fsp3) is 0.545. The second-order valence-corrected chi connectivity index (χ2v) is 5.12. The first-order valence-electron chi connectivity index (χ1n) is 5.42. The number of amides is 1. The fourth-order valence-corrected chi connectivity index (χ4v) is 3.49. The molecule has 3 rings (SSSR count). The van der Waals surface area contributed by atoms with Crippen LogP contribution in [0.5, 0.6) is 0 Å². The number of fused-ring (bicyclic) bond motifs is 1. The molecule has 1 unspecified atom stereocenters. The van der Waals surface area contributed by atoms with Gasteiger partial charge in [0.15, 0.2) is 0 Å². The second-order valence-electron chi connectivity index (χ2n) is 4.14. The molecular weight excluding hydrogens is 208 g/mol. The van der Waals surface area contributed by atoms with E-state index in [1.54, 1.807) is 11.3 Å². The van der Waals surface area contributed by atoms with Crippen LogP contribution in [0.15, 0.2) is 17.5 Å². The number of hydrogen-bond acceptors (Lipinski definition) is 3. The quantitative estimate of drug-likeness (QED) is 0.778. The molecule has 4 heteroatoms. The van der Waals surface area contributed by atoms with Crippen LogP contribution in [-0.4, -0.2) is 29.9 Å². The first-order chi connectivity index (χ1) is 7.36. The van der Waals surface area contributed by atoms with E-state index in [1.807, 2.05) is 0 Å². The van der Waals surface area contributed by atoms with Crippen molar-refractivity contribution in [2.75, 3.05) is 13.1 Å². The van der Waals surface area contributed by atoms with Crippen molar-refractivity contribution in [3.05, 3.63) is 22.4 Å². The summed E-state index contributed by atoms with van der Waals surface area (Å²) in [6.07, 6.45) is 1.74. The molecule has 2 aliphatic rings. The van der Waals surface area contributed by atoms with Gasteiger partial charge in [0.1, 0.15) is 0 Å². The predicted octanol–water partition coefficient (Wildman–Crippen LogP) is 1.38. The largest absolute Gasteiger partial charge is 0.336 e. The molecule has 1 aromatic rings. The SMILES string of the molecule is O=C1CCC2[C@@H](c3cccs3)NCCN12. The molecule has 0 bridgehead atoms. The molecule has 1 amide bonds. The average molecular weight is 222 g/mol. The van der Waals surface area contributed by atoms with Gasteiger partial charge in [0.2, 0.25) is 5.91 Å². The number of rotatable bonds is 1. The lowest BCUT2D eigenvalue weighted by molar-refractivity contribution is -0.130. The molecule has 0 saturated carbocycles. The van der Waals surface area contributed by atoms with Crippen LogP contribution >= 0.6 is 11.3 Å². The average Bonchev–Trinajstić information content (AvgIpc) is 2.88. The Morgan fingerprint density at radius 3 is 3.27 bits per heavy atom. The van der Waals surface area contributed by atoms with Gasteiger partial charge < -0.3 is 10.2 Å². The van der Waals surface area contributed by atoms with Crippen LogP contribution in [-0.2, 0) is 4.79 Å². The highest BCUT2D eigenvalue weighted by Gasteiger charge is 2.39. The van der Waals surface area contributed by atoms with E-state index in [9.17, 15) is 4.79 Å². The van der Waals surface area contributed by atoms with Crippen molar-refractivity contribution in [3.63, 3.8) is 0 Å². The van der Waals surface area contributed by atoms with Crippen LogP contribution in [0.1, 0.15) is 23.8 Å². The van der Waals surface area contributed by atoms with Crippen LogP contribution in [0.3, 0.4) is 0 Å². The van der Waals surface area contributed by atoms with Crippen molar-refractivity contribution in [1.82, 2.24) is 10.2 Å². The zero-order valence-electron chi connectivity index (χ0n) is 8.48. The van der Waals surface area contributed by atoms with Gasteiger partial charge in [0.05, 0.1) is 12.1 Å². The van der Waals surface area contributed by atoms with Crippen molar-refractivity contribution < 1.29 is 4.79 Å². The normalized spacial score (nSPS) is 30.7. The van der Waals surface area contributed by atoms with Crippen LogP contribution in [0.4, 0.5) is 0 Å². The molecule has 3 heterocycles. The molecular formula is C11H14N2OS. The summed E-state index contributed by atoms with van der Waals surface area (Å²) >= 11 is 1.78. The van der Waals surface area contributed by atoms with Crippen molar-refractivity contribution in [1.29, 1.82) is 0 Å². The molecule has 2 atom stereocenters. The van der Waals surface area contributed by atoms with Crippen LogP contribution in [0.2, 0.25) is 0 Å². The number of nitrogens with one attached hydrogen (secondary N) is 1. The molecule has 0 radical (unpaired) electrons. The van der Waals surface area contributed by atoms with Gasteiger partial charge in [-0.05, 0) is 17.9 Å². The lowest BCUT2D eigenvalue weighted by Crippen LogP contribution is -2.51. The predicted molar refractivity (Wildman–Crippen MR) is 59.8 cm³/mol. The topological polar surface area (TPSA) is 32.3 Å². The third kappa shape index (κ3) is 1.48. The van der Waals surface area contributed by atoms with Gasteiger partial charge >= 0.3 is 0 Å². The van der Waals surface area contributed by atoms with Gasteiger partial charge in [-0.3, -0.25) is 4.79 Å².